The van der Waals surface area contributed by atoms with Crippen LogP contribution in [0.25, 0.3) is 17.1 Å². The Morgan fingerprint density at radius 1 is 1.11 bits per heavy atom. The highest BCUT2D eigenvalue weighted by molar-refractivity contribution is 6.30. The number of aromatic nitrogens is 4. The van der Waals surface area contributed by atoms with Crippen LogP contribution in [-0.2, 0) is 0 Å². The van der Waals surface area contributed by atoms with Crippen molar-refractivity contribution in [3.05, 3.63) is 53.7 Å². The van der Waals surface area contributed by atoms with E-state index in [1.165, 1.54) is 0 Å². The summed E-state index contributed by atoms with van der Waals surface area (Å²) in [6, 6.07) is 12.8. The van der Waals surface area contributed by atoms with Crippen LogP contribution in [0.1, 0.15) is 0 Å². The molecular weight excluding hydrogens is 262 g/mol. The van der Waals surface area contributed by atoms with Gasteiger partial charge in [-0.3, -0.25) is 0 Å². The van der Waals surface area contributed by atoms with Crippen molar-refractivity contribution < 1.29 is 0 Å². The van der Waals surface area contributed by atoms with Crippen molar-refractivity contribution in [3.63, 3.8) is 0 Å². The molecule has 94 valence electrons. The number of hydrogen-bond donors (Lipinski definition) is 1. The Morgan fingerprint density at radius 3 is 2.74 bits per heavy atom. The van der Waals surface area contributed by atoms with E-state index >= 15 is 0 Å². The zero-order valence-corrected chi connectivity index (χ0v) is 10.6. The van der Waals surface area contributed by atoms with Crippen LogP contribution in [-0.4, -0.2) is 20.0 Å². The Bertz CT molecular complexity index is 708. The van der Waals surface area contributed by atoms with Crippen molar-refractivity contribution in [2.75, 3.05) is 5.73 Å². The van der Waals surface area contributed by atoms with Crippen molar-refractivity contribution in [2.24, 2.45) is 0 Å². The summed E-state index contributed by atoms with van der Waals surface area (Å²) in [5.74, 6) is 1.07. The van der Waals surface area contributed by atoms with E-state index in [0.29, 0.717) is 16.7 Å². The van der Waals surface area contributed by atoms with Gasteiger partial charge in [0.15, 0.2) is 5.82 Å². The highest BCUT2D eigenvalue weighted by Gasteiger charge is 2.09. The van der Waals surface area contributed by atoms with E-state index in [2.05, 4.69) is 15.3 Å². The van der Waals surface area contributed by atoms with E-state index in [1.807, 2.05) is 24.3 Å². The largest absolute Gasteiger partial charge is 0.384 e. The van der Waals surface area contributed by atoms with Crippen LogP contribution in [0, 0.1) is 0 Å². The average molecular weight is 272 g/mol. The molecule has 0 aliphatic carbocycles. The van der Waals surface area contributed by atoms with E-state index in [-0.39, 0.29) is 0 Å². The van der Waals surface area contributed by atoms with Crippen LogP contribution >= 0.6 is 11.6 Å². The second-order valence-corrected chi connectivity index (χ2v) is 4.39. The first-order valence-electron chi connectivity index (χ1n) is 5.63. The third kappa shape index (κ3) is 2.28. The maximum Gasteiger partial charge on any atom is 0.177 e. The molecule has 6 heteroatoms. The molecule has 5 nitrogen and oxygen atoms in total. The van der Waals surface area contributed by atoms with Crippen LogP contribution in [0.2, 0.25) is 5.02 Å². The van der Waals surface area contributed by atoms with Gasteiger partial charge in [0.1, 0.15) is 5.82 Å². The van der Waals surface area contributed by atoms with Gasteiger partial charge in [-0.2, -0.15) is 14.9 Å². The Kier molecular flexibility index (Phi) is 2.89. The Balaban J connectivity index is 2.07. The van der Waals surface area contributed by atoms with Gasteiger partial charge in [-0.15, -0.1) is 5.10 Å². The van der Waals surface area contributed by atoms with Gasteiger partial charge in [-0.1, -0.05) is 23.7 Å². The minimum atomic E-state index is 0.496. The van der Waals surface area contributed by atoms with E-state index in [9.17, 15) is 0 Å². The molecule has 0 bridgehead atoms. The molecule has 2 heterocycles. The van der Waals surface area contributed by atoms with Gasteiger partial charge in [0.05, 0.1) is 5.69 Å². The molecule has 0 aliphatic heterocycles. The summed E-state index contributed by atoms with van der Waals surface area (Å²) in [6.07, 6.45) is 1.60. The number of halogens is 1. The third-order valence-electron chi connectivity index (χ3n) is 2.63. The van der Waals surface area contributed by atoms with Crippen molar-refractivity contribution >= 4 is 17.4 Å². The first-order valence-corrected chi connectivity index (χ1v) is 6.01. The van der Waals surface area contributed by atoms with Crippen molar-refractivity contribution in [2.45, 2.75) is 0 Å². The van der Waals surface area contributed by atoms with Gasteiger partial charge in [0, 0.05) is 22.8 Å². The van der Waals surface area contributed by atoms with Gasteiger partial charge in [0.25, 0.3) is 0 Å². The lowest BCUT2D eigenvalue weighted by Crippen LogP contribution is -2.04. The predicted octanol–water partition coefficient (Wildman–Crippen LogP) is 2.56. The summed E-state index contributed by atoms with van der Waals surface area (Å²) < 4.78 is 1.54. The maximum atomic E-state index is 5.97. The van der Waals surface area contributed by atoms with Gasteiger partial charge in [-0.25, -0.2) is 0 Å². The summed E-state index contributed by atoms with van der Waals surface area (Å²) in [5.41, 5.74) is 7.59. The summed E-state index contributed by atoms with van der Waals surface area (Å²) in [5, 5.41) is 12.9. The first-order chi connectivity index (χ1) is 9.24. The van der Waals surface area contributed by atoms with E-state index in [1.54, 1.807) is 29.1 Å². The second-order valence-electron chi connectivity index (χ2n) is 3.96. The van der Waals surface area contributed by atoms with Gasteiger partial charge in [-0.05, 0) is 24.3 Å². The van der Waals surface area contributed by atoms with E-state index in [0.717, 1.165) is 11.3 Å². The zero-order chi connectivity index (χ0) is 13.2. The van der Waals surface area contributed by atoms with Crippen LogP contribution in [0.3, 0.4) is 0 Å². The number of nitrogen functional groups attached to an aromatic ring is 1. The molecule has 3 rings (SSSR count). The molecule has 0 atom stereocenters. The molecule has 19 heavy (non-hydrogen) atoms. The van der Waals surface area contributed by atoms with Crippen molar-refractivity contribution in [1.82, 2.24) is 20.0 Å². The smallest absolute Gasteiger partial charge is 0.177 e. The number of benzene rings is 1. The normalized spacial score (nSPS) is 10.6. The number of rotatable bonds is 2. The monoisotopic (exact) mass is 271 g/mol. The molecule has 0 radical (unpaired) electrons. The highest BCUT2D eigenvalue weighted by Crippen LogP contribution is 2.24. The fraction of sp³-hybridized carbons (Fsp3) is 0. The molecule has 0 saturated heterocycles. The van der Waals surface area contributed by atoms with Gasteiger partial charge in [0.2, 0.25) is 0 Å². The van der Waals surface area contributed by atoms with Crippen LogP contribution in [0.4, 0.5) is 5.82 Å². The van der Waals surface area contributed by atoms with E-state index < -0.39 is 0 Å². The molecule has 0 saturated carbocycles. The lowest BCUT2D eigenvalue weighted by atomic mass is 10.1. The first kappa shape index (κ1) is 11.7. The van der Waals surface area contributed by atoms with Crippen LogP contribution < -0.4 is 5.73 Å². The molecule has 3 aromatic rings. The minimum Gasteiger partial charge on any atom is -0.384 e. The highest BCUT2D eigenvalue weighted by atomic mass is 35.5. The number of anilines is 1. The van der Waals surface area contributed by atoms with Crippen LogP contribution in [0.15, 0.2) is 48.7 Å². The topological polar surface area (TPSA) is 69.6 Å². The Morgan fingerprint density at radius 2 is 2.00 bits per heavy atom. The second kappa shape index (κ2) is 4.70. The molecule has 0 aliphatic rings. The maximum absolute atomic E-state index is 5.97. The molecule has 0 fully saturated rings. The lowest BCUT2D eigenvalue weighted by Gasteiger charge is -2.00. The third-order valence-corrected chi connectivity index (χ3v) is 2.87. The summed E-state index contributed by atoms with van der Waals surface area (Å²) in [6.45, 7) is 0. The van der Waals surface area contributed by atoms with Crippen molar-refractivity contribution in [3.8, 4) is 17.1 Å². The SMILES string of the molecule is Nc1cc(-c2cccc(Cl)c2)nn1-c1cccnn1. The lowest BCUT2D eigenvalue weighted by molar-refractivity contribution is 0.825. The van der Waals surface area contributed by atoms with Gasteiger partial charge < -0.3 is 5.73 Å². The number of hydrogen-bond acceptors (Lipinski definition) is 4. The molecule has 0 spiro atoms. The Hall–Kier alpha value is -2.40. The fourth-order valence-electron chi connectivity index (χ4n) is 1.77. The van der Waals surface area contributed by atoms with E-state index in [4.69, 9.17) is 17.3 Å². The molecule has 2 aromatic heterocycles. The predicted molar refractivity (Wildman–Crippen MR) is 74.0 cm³/mol. The molecule has 0 amide bonds. The zero-order valence-electron chi connectivity index (χ0n) is 9.86. The van der Waals surface area contributed by atoms with Crippen molar-refractivity contribution in [1.29, 1.82) is 0 Å². The summed E-state index contributed by atoms with van der Waals surface area (Å²) in [4.78, 5) is 0. The standard InChI is InChI=1S/C13H10ClN5/c14-10-4-1-3-9(7-10)11-8-12(15)19(18-11)13-5-2-6-16-17-13/h1-8H,15H2. The molecule has 2 N–H and O–H groups in total. The minimum absolute atomic E-state index is 0.496. The quantitative estimate of drug-likeness (QED) is 0.778. The fourth-order valence-corrected chi connectivity index (χ4v) is 1.96. The molecule has 0 unspecified atom stereocenters. The number of nitrogens with two attached hydrogens (primary N) is 1. The average Bonchev–Trinajstić information content (AvgIpc) is 2.82. The number of nitrogens with zero attached hydrogens (tertiary/aromatic N) is 4. The van der Waals surface area contributed by atoms with Crippen LogP contribution in [0.5, 0.6) is 0 Å². The Labute approximate surface area is 114 Å². The van der Waals surface area contributed by atoms with Gasteiger partial charge >= 0.3 is 0 Å². The summed E-state index contributed by atoms with van der Waals surface area (Å²) in [7, 11) is 0. The summed E-state index contributed by atoms with van der Waals surface area (Å²) >= 11 is 5.97. The molecule has 1 aromatic carbocycles. The molecular formula is C13H10ClN5.